The minimum Gasteiger partial charge on any atom is -0.466 e. The van der Waals surface area contributed by atoms with E-state index in [1.54, 1.807) is 0 Å². The number of ether oxygens (including phenoxy) is 2. The molecule has 1 fully saturated rings. The maximum atomic E-state index is 11.0. The molecule has 4 nitrogen and oxygen atoms in total. The lowest BCUT2D eigenvalue weighted by Crippen LogP contribution is -2.03. The van der Waals surface area contributed by atoms with Gasteiger partial charge in [-0.25, -0.2) is 0 Å². The monoisotopic (exact) mass is 242 g/mol. The first-order chi connectivity index (χ1) is 8.27. The van der Waals surface area contributed by atoms with Crippen molar-refractivity contribution in [2.75, 3.05) is 6.61 Å². The molecule has 0 aliphatic carbocycles. The fraction of sp³-hybridized carbons (Fsp3) is 0.846. The number of hydrogen-bond donors (Lipinski definition) is 0. The topological polar surface area (TPSA) is 55.9 Å². The van der Waals surface area contributed by atoms with Gasteiger partial charge in [-0.3, -0.25) is 4.79 Å². The van der Waals surface area contributed by atoms with Crippen molar-refractivity contribution < 1.29 is 19.1 Å². The van der Waals surface area contributed by atoms with Crippen LogP contribution >= 0.6 is 0 Å². The van der Waals surface area contributed by atoms with Crippen LogP contribution in [0, 0.1) is 0 Å². The number of carbonyl (C=O) groups excluding carboxylic acids is 2. The van der Waals surface area contributed by atoms with Gasteiger partial charge in [0.05, 0.1) is 12.7 Å². The highest BCUT2D eigenvalue weighted by Crippen LogP contribution is 2.25. The van der Waals surface area contributed by atoms with Crippen molar-refractivity contribution in [2.45, 2.75) is 64.1 Å². The molecule has 0 bridgehead atoms. The van der Waals surface area contributed by atoms with Gasteiger partial charge in [-0.15, -0.1) is 0 Å². The van der Waals surface area contributed by atoms with Gasteiger partial charge < -0.3 is 14.3 Å². The second-order valence-corrected chi connectivity index (χ2v) is 4.39. The summed E-state index contributed by atoms with van der Waals surface area (Å²) in [6.07, 6.45) is 7.83. The van der Waals surface area contributed by atoms with Gasteiger partial charge in [0.1, 0.15) is 6.10 Å². The Bertz CT molecular complexity index is 240. The van der Waals surface area contributed by atoms with Gasteiger partial charge >= 0.3 is 5.97 Å². The van der Waals surface area contributed by atoms with Gasteiger partial charge in [-0.2, -0.15) is 0 Å². The number of carbonyl (C=O) groups is 2. The molecule has 1 heterocycles. The Balaban J connectivity index is 1.79. The zero-order valence-electron chi connectivity index (χ0n) is 10.5. The zero-order chi connectivity index (χ0) is 12.5. The van der Waals surface area contributed by atoms with Gasteiger partial charge in [0.2, 0.25) is 0 Å². The second-order valence-electron chi connectivity index (χ2n) is 4.39. The summed E-state index contributed by atoms with van der Waals surface area (Å²) < 4.78 is 9.97. The maximum Gasteiger partial charge on any atom is 0.305 e. The Morgan fingerprint density at radius 2 is 1.94 bits per heavy atom. The number of epoxide rings is 1. The Kier molecular flexibility index (Phi) is 6.86. The number of unbranched alkanes of at least 4 members (excludes halogenated alkanes) is 4. The molecule has 0 radical (unpaired) electrons. The fourth-order valence-corrected chi connectivity index (χ4v) is 1.89. The summed E-state index contributed by atoms with van der Waals surface area (Å²) in [5, 5.41) is 0. The van der Waals surface area contributed by atoms with Crippen LogP contribution in [0.2, 0.25) is 0 Å². The van der Waals surface area contributed by atoms with Crippen LogP contribution in [0.25, 0.3) is 0 Å². The van der Waals surface area contributed by atoms with Gasteiger partial charge in [-0.05, 0) is 19.8 Å². The molecule has 1 saturated heterocycles. The molecule has 2 atom stereocenters. The first kappa shape index (κ1) is 14.2. The van der Waals surface area contributed by atoms with Crippen LogP contribution in [0.3, 0.4) is 0 Å². The Labute approximate surface area is 103 Å². The van der Waals surface area contributed by atoms with Crippen molar-refractivity contribution >= 4 is 12.3 Å². The van der Waals surface area contributed by atoms with E-state index < -0.39 is 0 Å². The van der Waals surface area contributed by atoms with E-state index >= 15 is 0 Å². The molecule has 0 spiro atoms. The minimum atomic E-state index is -0.126. The Morgan fingerprint density at radius 1 is 1.24 bits per heavy atom. The molecule has 4 heteroatoms. The molecule has 1 aliphatic rings. The lowest BCUT2D eigenvalue weighted by Gasteiger charge is -2.01. The van der Waals surface area contributed by atoms with E-state index in [4.69, 9.17) is 9.47 Å². The van der Waals surface area contributed by atoms with Crippen molar-refractivity contribution in [3.8, 4) is 0 Å². The van der Waals surface area contributed by atoms with Crippen LogP contribution in [0.1, 0.15) is 51.9 Å². The summed E-state index contributed by atoms with van der Waals surface area (Å²) in [5.74, 6) is -0.0901. The summed E-state index contributed by atoms with van der Waals surface area (Å²) in [6.45, 7) is 2.29. The summed E-state index contributed by atoms with van der Waals surface area (Å²) in [5.41, 5.74) is 0. The quantitative estimate of drug-likeness (QED) is 0.255. The van der Waals surface area contributed by atoms with E-state index in [9.17, 15) is 9.59 Å². The van der Waals surface area contributed by atoms with Crippen molar-refractivity contribution in [1.29, 1.82) is 0 Å². The zero-order valence-corrected chi connectivity index (χ0v) is 10.5. The molecule has 0 aromatic heterocycles. The van der Waals surface area contributed by atoms with Crippen LogP contribution in [-0.4, -0.2) is 31.1 Å². The maximum absolute atomic E-state index is 11.0. The number of hydrogen-bond acceptors (Lipinski definition) is 4. The third-order valence-corrected chi connectivity index (χ3v) is 2.93. The van der Waals surface area contributed by atoms with Crippen molar-refractivity contribution in [1.82, 2.24) is 0 Å². The molecular weight excluding hydrogens is 220 g/mol. The van der Waals surface area contributed by atoms with E-state index in [1.165, 1.54) is 0 Å². The average Bonchev–Trinajstić information content (AvgIpc) is 3.07. The first-order valence-corrected chi connectivity index (χ1v) is 6.54. The predicted molar refractivity (Wildman–Crippen MR) is 63.7 cm³/mol. The minimum absolute atomic E-state index is 0.0901. The second kappa shape index (κ2) is 8.23. The summed E-state index contributed by atoms with van der Waals surface area (Å²) in [4.78, 5) is 21.3. The smallest absolute Gasteiger partial charge is 0.305 e. The lowest BCUT2D eigenvalue weighted by molar-refractivity contribution is -0.143. The van der Waals surface area contributed by atoms with Crippen LogP contribution in [0.5, 0.6) is 0 Å². The Morgan fingerprint density at radius 3 is 2.59 bits per heavy atom. The SMILES string of the molecule is CCOC(=O)CCCCCCC[C@H]1O[C@@H]1C=O. The molecule has 0 unspecified atom stereocenters. The molecule has 0 aromatic rings. The normalized spacial score (nSPS) is 22.2. The van der Waals surface area contributed by atoms with Crippen LogP contribution in [-0.2, 0) is 19.1 Å². The van der Waals surface area contributed by atoms with E-state index in [0.717, 1.165) is 44.8 Å². The number of esters is 1. The molecule has 1 rings (SSSR count). The third-order valence-electron chi connectivity index (χ3n) is 2.93. The van der Waals surface area contributed by atoms with Gasteiger partial charge in [0, 0.05) is 6.42 Å². The highest BCUT2D eigenvalue weighted by atomic mass is 16.6. The molecule has 17 heavy (non-hydrogen) atoms. The van der Waals surface area contributed by atoms with Crippen molar-refractivity contribution in [3.05, 3.63) is 0 Å². The molecule has 98 valence electrons. The van der Waals surface area contributed by atoms with Gasteiger partial charge in [-0.1, -0.05) is 25.7 Å². The lowest BCUT2D eigenvalue weighted by atomic mass is 10.1. The predicted octanol–water partition coefficient (Wildman–Crippen LogP) is 2.25. The van der Waals surface area contributed by atoms with Gasteiger partial charge in [0.15, 0.2) is 6.29 Å². The molecule has 1 aliphatic heterocycles. The molecule has 0 N–H and O–H groups in total. The van der Waals surface area contributed by atoms with Crippen molar-refractivity contribution in [3.63, 3.8) is 0 Å². The number of aldehydes is 1. The summed E-state index contributed by atoms with van der Waals surface area (Å²) in [6, 6.07) is 0. The molecule has 0 amide bonds. The van der Waals surface area contributed by atoms with Gasteiger partial charge in [0.25, 0.3) is 0 Å². The van der Waals surface area contributed by atoms with E-state index in [0.29, 0.717) is 13.0 Å². The molecule has 0 saturated carbocycles. The average molecular weight is 242 g/mol. The van der Waals surface area contributed by atoms with Crippen LogP contribution in [0.15, 0.2) is 0 Å². The third kappa shape index (κ3) is 6.41. The van der Waals surface area contributed by atoms with Crippen molar-refractivity contribution in [2.24, 2.45) is 0 Å². The molecule has 0 aromatic carbocycles. The molecular formula is C13H22O4. The summed E-state index contributed by atoms with van der Waals surface area (Å²) in [7, 11) is 0. The van der Waals surface area contributed by atoms with Crippen LogP contribution < -0.4 is 0 Å². The highest BCUT2D eigenvalue weighted by molar-refractivity contribution is 5.69. The van der Waals surface area contributed by atoms with E-state index in [-0.39, 0.29) is 18.2 Å². The highest BCUT2D eigenvalue weighted by Gasteiger charge is 2.37. The summed E-state index contributed by atoms with van der Waals surface area (Å²) >= 11 is 0. The standard InChI is InChI=1S/C13H22O4/c1-2-16-13(15)9-7-5-3-4-6-8-11-12(10-14)17-11/h10-12H,2-9H2,1H3/t11-,12-/m1/s1. The Hall–Kier alpha value is -0.900. The number of rotatable bonds is 10. The van der Waals surface area contributed by atoms with Crippen LogP contribution in [0.4, 0.5) is 0 Å². The largest absolute Gasteiger partial charge is 0.466 e. The van der Waals surface area contributed by atoms with E-state index in [1.807, 2.05) is 6.92 Å². The van der Waals surface area contributed by atoms with E-state index in [2.05, 4.69) is 0 Å². The first-order valence-electron chi connectivity index (χ1n) is 6.54. The fourth-order valence-electron chi connectivity index (χ4n) is 1.89.